The van der Waals surface area contributed by atoms with Crippen molar-refractivity contribution in [3.8, 4) is 0 Å². The molecule has 246 valence electrons. The molecule has 44 heavy (non-hydrogen) atoms. The van der Waals surface area contributed by atoms with Gasteiger partial charge in [0.25, 0.3) is 0 Å². The van der Waals surface area contributed by atoms with Gasteiger partial charge in [0.05, 0.1) is 11.8 Å². The second kappa shape index (κ2) is 10.4. The van der Waals surface area contributed by atoms with Crippen LogP contribution in [0.1, 0.15) is 106 Å². The SMILES string of the molecule is CCOCOC(=O)C1C2CC(C1C(=O)OC1CC3CC1C1C4CCC(C4)C31)C1C2C2CC1[C@@H](C(C)(C)CC)[C@H]2C(C)(C)CC. The molecule has 15 unspecified atom stereocenters. The van der Waals surface area contributed by atoms with Crippen molar-refractivity contribution in [2.75, 3.05) is 13.4 Å². The van der Waals surface area contributed by atoms with Gasteiger partial charge in [-0.25, -0.2) is 0 Å². The molecule has 5 nitrogen and oxygen atoms in total. The van der Waals surface area contributed by atoms with E-state index in [2.05, 4.69) is 41.5 Å². The number of fused-ring (bicyclic) bond motifs is 18. The van der Waals surface area contributed by atoms with Gasteiger partial charge in [0.1, 0.15) is 6.10 Å². The van der Waals surface area contributed by atoms with E-state index in [1.165, 1.54) is 44.9 Å². The normalized spacial score (nSPS) is 50.8. The third kappa shape index (κ3) is 4.04. The number of esters is 2. The average molecular weight is 609 g/mol. The van der Waals surface area contributed by atoms with Crippen molar-refractivity contribution >= 4 is 11.9 Å². The molecule has 0 aromatic rings. The van der Waals surface area contributed by atoms with Crippen LogP contribution in [-0.2, 0) is 23.8 Å². The Morgan fingerprint density at radius 3 is 1.77 bits per heavy atom. The summed E-state index contributed by atoms with van der Waals surface area (Å²) in [5.74, 6) is 8.11. The molecule has 8 aliphatic carbocycles. The van der Waals surface area contributed by atoms with Crippen molar-refractivity contribution in [1.82, 2.24) is 0 Å². The molecule has 8 fully saturated rings. The minimum atomic E-state index is -0.370. The van der Waals surface area contributed by atoms with Crippen molar-refractivity contribution in [1.29, 1.82) is 0 Å². The summed E-state index contributed by atoms with van der Waals surface area (Å²) >= 11 is 0. The molecule has 5 heteroatoms. The molecular weight excluding hydrogens is 548 g/mol. The van der Waals surface area contributed by atoms with Gasteiger partial charge in [-0.3, -0.25) is 9.59 Å². The topological polar surface area (TPSA) is 61.8 Å². The van der Waals surface area contributed by atoms with E-state index in [0.29, 0.717) is 48.0 Å². The number of hydrogen-bond acceptors (Lipinski definition) is 5. The molecular formula is C39H60O5. The van der Waals surface area contributed by atoms with E-state index in [-0.39, 0.29) is 59.3 Å². The largest absolute Gasteiger partial charge is 0.462 e. The molecule has 0 aromatic heterocycles. The van der Waals surface area contributed by atoms with Crippen molar-refractivity contribution in [3.05, 3.63) is 0 Å². The van der Waals surface area contributed by atoms with Gasteiger partial charge in [-0.1, -0.05) is 54.4 Å². The van der Waals surface area contributed by atoms with Gasteiger partial charge >= 0.3 is 11.9 Å². The van der Waals surface area contributed by atoms with Crippen LogP contribution < -0.4 is 0 Å². The van der Waals surface area contributed by atoms with Gasteiger partial charge in [-0.15, -0.1) is 0 Å². The second-order valence-electron chi connectivity index (χ2n) is 18.5. The van der Waals surface area contributed by atoms with E-state index < -0.39 is 0 Å². The van der Waals surface area contributed by atoms with Crippen LogP contribution in [0.2, 0.25) is 0 Å². The maximum Gasteiger partial charge on any atom is 0.312 e. The molecule has 0 aromatic carbocycles. The van der Waals surface area contributed by atoms with Crippen LogP contribution in [0.5, 0.6) is 0 Å². The highest BCUT2D eigenvalue weighted by Gasteiger charge is 2.74. The maximum absolute atomic E-state index is 14.5. The molecule has 0 aliphatic heterocycles. The van der Waals surface area contributed by atoms with Crippen LogP contribution >= 0.6 is 0 Å². The maximum atomic E-state index is 14.5. The Morgan fingerprint density at radius 1 is 0.614 bits per heavy atom. The molecule has 8 aliphatic rings. The first-order valence-corrected chi connectivity index (χ1v) is 19.0. The first-order chi connectivity index (χ1) is 21.0. The molecule has 8 rings (SSSR count). The predicted octanol–water partition coefficient (Wildman–Crippen LogP) is 8.01. The van der Waals surface area contributed by atoms with E-state index in [1.807, 2.05) is 6.92 Å². The van der Waals surface area contributed by atoms with E-state index >= 15 is 0 Å². The lowest BCUT2D eigenvalue weighted by Gasteiger charge is -2.55. The van der Waals surface area contributed by atoms with E-state index in [4.69, 9.17) is 14.2 Å². The monoisotopic (exact) mass is 608 g/mol. The lowest BCUT2D eigenvalue weighted by Crippen LogP contribution is -2.53. The summed E-state index contributed by atoms with van der Waals surface area (Å²) in [6.07, 6.45) is 11.3. The summed E-state index contributed by atoms with van der Waals surface area (Å²) in [6.45, 7) is 17.2. The molecule has 0 radical (unpaired) electrons. The first kappa shape index (κ1) is 30.2. The number of carbonyl (C=O) groups excluding carboxylic acids is 2. The standard InChI is InChI=1S/C39H60O5/c1-8-38(4,5)34-25-17-26(35(34)39(6,7)9-2)31-24-16-23(30(25)31)32(36(40)43-18-42-10-3)33(24)37(41)44-27-15-21-14-22(27)29-20-12-11-19(13-20)28(21)29/h19-35H,8-18H2,1-7H3/t19?,20?,21?,22?,23?,24?,25?,26?,27?,28?,29?,30?,31?,32?,33?,34-,35+/m0/s1. The van der Waals surface area contributed by atoms with Crippen LogP contribution in [0.4, 0.5) is 0 Å². The molecule has 17 atom stereocenters. The number of carbonyl (C=O) groups is 2. The fourth-order valence-corrected chi connectivity index (χ4v) is 15.0. The third-order valence-electron chi connectivity index (χ3n) is 16.7. The number of rotatable bonds is 10. The molecule has 0 saturated heterocycles. The second-order valence-corrected chi connectivity index (χ2v) is 18.5. The Balaban J connectivity index is 1.08. The van der Waals surface area contributed by atoms with Crippen LogP contribution in [-0.4, -0.2) is 31.4 Å². The Hall–Kier alpha value is -1.10. The van der Waals surface area contributed by atoms with Crippen LogP contribution in [0, 0.1) is 106 Å². The first-order valence-electron chi connectivity index (χ1n) is 19.0. The summed E-state index contributed by atoms with van der Waals surface area (Å²) < 4.78 is 17.9. The summed E-state index contributed by atoms with van der Waals surface area (Å²) in [7, 11) is 0. The summed E-state index contributed by atoms with van der Waals surface area (Å²) in [4.78, 5) is 28.4. The van der Waals surface area contributed by atoms with E-state index in [0.717, 1.165) is 42.4 Å². The minimum Gasteiger partial charge on any atom is -0.462 e. The molecule has 0 spiro atoms. The molecule has 8 saturated carbocycles. The molecule has 8 bridgehead atoms. The fourth-order valence-electron chi connectivity index (χ4n) is 15.0. The van der Waals surface area contributed by atoms with Crippen molar-refractivity contribution < 1.29 is 23.8 Å². The molecule has 0 amide bonds. The fraction of sp³-hybridized carbons (Fsp3) is 0.949. The lowest BCUT2D eigenvalue weighted by molar-refractivity contribution is -0.181. The van der Waals surface area contributed by atoms with Gasteiger partial charge in [-0.05, 0) is 146 Å². The zero-order chi connectivity index (χ0) is 30.9. The van der Waals surface area contributed by atoms with Gasteiger partial charge < -0.3 is 14.2 Å². The zero-order valence-corrected chi connectivity index (χ0v) is 28.6. The molecule has 0 heterocycles. The van der Waals surface area contributed by atoms with Gasteiger partial charge in [-0.2, -0.15) is 0 Å². The van der Waals surface area contributed by atoms with E-state index in [9.17, 15) is 9.59 Å². The van der Waals surface area contributed by atoms with Gasteiger partial charge in [0.15, 0.2) is 6.79 Å². The Kier molecular flexibility index (Phi) is 7.18. The Morgan fingerprint density at radius 2 is 1.18 bits per heavy atom. The van der Waals surface area contributed by atoms with Crippen molar-refractivity contribution in [3.63, 3.8) is 0 Å². The van der Waals surface area contributed by atoms with Crippen LogP contribution in [0.25, 0.3) is 0 Å². The summed E-state index contributed by atoms with van der Waals surface area (Å²) in [5, 5.41) is 0. The lowest BCUT2D eigenvalue weighted by atomic mass is 9.49. The third-order valence-corrected chi connectivity index (χ3v) is 16.7. The summed E-state index contributed by atoms with van der Waals surface area (Å²) in [6, 6.07) is 0. The van der Waals surface area contributed by atoms with Gasteiger partial charge in [0, 0.05) is 6.61 Å². The highest BCUT2D eigenvalue weighted by molar-refractivity contribution is 5.84. The molecule has 0 N–H and O–H groups in total. The predicted molar refractivity (Wildman–Crippen MR) is 169 cm³/mol. The zero-order valence-electron chi connectivity index (χ0n) is 28.6. The highest BCUT2D eigenvalue weighted by Crippen LogP contribution is 2.77. The number of ether oxygens (including phenoxy) is 3. The summed E-state index contributed by atoms with van der Waals surface area (Å²) in [5.41, 5.74) is 0.543. The number of hydrogen-bond donors (Lipinski definition) is 0. The Labute approximate surface area is 266 Å². The van der Waals surface area contributed by atoms with Crippen molar-refractivity contribution in [2.24, 2.45) is 106 Å². The quantitative estimate of drug-likeness (QED) is 0.109. The minimum absolute atomic E-state index is 0.0125. The van der Waals surface area contributed by atoms with Gasteiger partial charge in [0.2, 0.25) is 0 Å². The van der Waals surface area contributed by atoms with Crippen LogP contribution in [0.3, 0.4) is 0 Å². The van der Waals surface area contributed by atoms with Crippen LogP contribution in [0.15, 0.2) is 0 Å². The average Bonchev–Trinajstić information content (AvgIpc) is 3.85. The highest BCUT2D eigenvalue weighted by atomic mass is 16.7. The Bertz CT molecular complexity index is 1160. The van der Waals surface area contributed by atoms with Crippen molar-refractivity contribution in [2.45, 2.75) is 112 Å². The van der Waals surface area contributed by atoms with E-state index in [1.54, 1.807) is 0 Å². The smallest absolute Gasteiger partial charge is 0.312 e.